The summed E-state index contributed by atoms with van der Waals surface area (Å²) in [5.74, 6) is -0.256. The molecule has 0 aliphatic carbocycles. The zero-order chi connectivity index (χ0) is 15.0. The lowest BCUT2D eigenvalue weighted by atomic mass is 9.87. The highest BCUT2D eigenvalue weighted by molar-refractivity contribution is 5.94. The van der Waals surface area contributed by atoms with Gasteiger partial charge in [0.15, 0.2) is 0 Å². The van der Waals surface area contributed by atoms with Gasteiger partial charge in [0.05, 0.1) is 5.92 Å². The van der Waals surface area contributed by atoms with Crippen molar-refractivity contribution in [2.24, 2.45) is 0 Å². The van der Waals surface area contributed by atoms with Crippen LogP contribution in [0.15, 0.2) is 24.3 Å². The van der Waals surface area contributed by atoms with Gasteiger partial charge in [-0.15, -0.1) is 0 Å². The highest BCUT2D eigenvalue weighted by atomic mass is 16.2. The van der Waals surface area contributed by atoms with E-state index in [2.05, 4.69) is 16.7 Å². The second kappa shape index (κ2) is 5.15. The van der Waals surface area contributed by atoms with Crippen LogP contribution in [0.3, 0.4) is 0 Å². The maximum absolute atomic E-state index is 13.0. The molecule has 1 atom stereocenters. The van der Waals surface area contributed by atoms with E-state index in [1.165, 1.54) is 5.56 Å². The third kappa shape index (κ3) is 2.31. The van der Waals surface area contributed by atoms with E-state index in [0.29, 0.717) is 19.6 Å². The van der Waals surface area contributed by atoms with Crippen LogP contribution in [0, 0.1) is 0 Å². The first-order valence-corrected chi connectivity index (χ1v) is 7.40. The third-order valence-electron chi connectivity index (χ3n) is 4.51. The van der Waals surface area contributed by atoms with E-state index >= 15 is 0 Å². The largest absolute Gasteiger partial charge is 0.352 e. The predicted octanol–water partition coefficient (Wildman–Crippen LogP) is 0.610. The molecular formula is C16H21N3O2. The van der Waals surface area contributed by atoms with E-state index in [-0.39, 0.29) is 17.7 Å². The third-order valence-corrected chi connectivity index (χ3v) is 4.51. The molecule has 0 radical (unpaired) electrons. The lowest BCUT2D eigenvalue weighted by Crippen LogP contribution is -2.64. The molecule has 1 unspecified atom stereocenters. The van der Waals surface area contributed by atoms with Crippen molar-refractivity contribution >= 4 is 11.8 Å². The predicted molar refractivity (Wildman–Crippen MR) is 79.7 cm³/mol. The lowest BCUT2D eigenvalue weighted by molar-refractivity contribution is -0.150. The van der Waals surface area contributed by atoms with Crippen LogP contribution in [0.25, 0.3) is 0 Å². The molecule has 2 aliphatic rings. The first kappa shape index (κ1) is 14.1. The summed E-state index contributed by atoms with van der Waals surface area (Å²) in [5, 5.41) is 6.13. The van der Waals surface area contributed by atoms with E-state index in [9.17, 15) is 9.59 Å². The summed E-state index contributed by atoms with van der Waals surface area (Å²) in [6.45, 7) is 6.13. The van der Waals surface area contributed by atoms with Crippen LogP contribution in [0.4, 0.5) is 0 Å². The average Bonchev–Trinajstić information content (AvgIpc) is 2.49. The maximum atomic E-state index is 13.0. The van der Waals surface area contributed by atoms with E-state index in [0.717, 1.165) is 12.1 Å². The fourth-order valence-corrected chi connectivity index (χ4v) is 3.19. The first-order valence-electron chi connectivity index (χ1n) is 7.40. The van der Waals surface area contributed by atoms with Crippen molar-refractivity contribution < 1.29 is 9.59 Å². The van der Waals surface area contributed by atoms with Gasteiger partial charge in [-0.1, -0.05) is 24.3 Å². The molecule has 21 heavy (non-hydrogen) atoms. The van der Waals surface area contributed by atoms with Gasteiger partial charge < -0.3 is 15.5 Å². The molecule has 1 aromatic carbocycles. The fraction of sp³-hybridized carbons (Fsp3) is 0.500. The molecule has 3 rings (SSSR count). The lowest BCUT2D eigenvalue weighted by Gasteiger charge is -2.43. The van der Waals surface area contributed by atoms with E-state index in [1.807, 2.05) is 32.0 Å². The zero-order valence-corrected chi connectivity index (χ0v) is 12.5. The number of fused-ring (bicyclic) bond motifs is 1. The van der Waals surface area contributed by atoms with Crippen LogP contribution in [-0.4, -0.2) is 41.9 Å². The fourth-order valence-electron chi connectivity index (χ4n) is 3.19. The van der Waals surface area contributed by atoms with Gasteiger partial charge in [0, 0.05) is 26.2 Å². The van der Waals surface area contributed by atoms with Crippen molar-refractivity contribution in [3.8, 4) is 0 Å². The molecule has 5 heteroatoms. The van der Waals surface area contributed by atoms with E-state index in [4.69, 9.17) is 0 Å². The molecule has 2 heterocycles. The highest BCUT2D eigenvalue weighted by Crippen LogP contribution is 2.29. The molecule has 0 saturated carbocycles. The minimum Gasteiger partial charge on any atom is -0.352 e. The number of benzene rings is 1. The van der Waals surface area contributed by atoms with Crippen molar-refractivity contribution in [2.45, 2.75) is 31.8 Å². The highest BCUT2D eigenvalue weighted by Gasteiger charge is 2.43. The van der Waals surface area contributed by atoms with Gasteiger partial charge in [-0.05, 0) is 25.0 Å². The minimum atomic E-state index is -0.790. The van der Waals surface area contributed by atoms with E-state index in [1.54, 1.807) is 4.90 Å². The van der Waals surface area contributed by atoms with Gasteiger partial charge in [-0.2, -0.15) is 0 Å². The quantitative estimate of drug-likeness (QED) is 0.795. The number of nitrogens with zero attached hydrogens (tertiary/aromatic N) is 1. The number of amides is 2. The van der Waals surface area contributed by atoms with Crippen LogP contribution in [0.2, 0.25) is 0 Å². The Hall–Kier alpha value is -1.88. The normalized spacial score (nSPS) is 24.2. The minimum absolute atomic E-state index is 0.0366. The first-order chi connectivity index (χ1) is 10.0. The molecule has 0 spiro atoms. The van der Waals surface area contributed by atoms with Crippen LogP contribution < -0.4 is 10.6 Å². The molecule has 0 aromatic heterocycles. The van der Waals surface area contributed by atoms with Crippen LogP contribution in [-0.2, 0) is 16.1 Å². The van der Waals surface area contributed by atoms with Crippen molar-refractivity contribution in [1.82, 2.24) is 15.5 Å². The van der Waals surface area contributed by atoms with Gasteiger partial charge >= 0.3 is 0 Å². The van der Waals surface area contributed by atoms with Gasteiger partial charge in [0.1, 0.15) is 5.54 Å². The molecule has 1 aromatic rings. The molecule has 5 nitrogen and oxygen atoms in total. The molecule has 1 fully saturated rings. The Morgan fingerprint density at radius 2 is 2.10 bits per heavy atom. The number of piperazine rings is 1. The second-order valence-corrected chi connectivity index (χ2v) is 6.19. The zero-order valence-electron chi connectivity index (χ0n) is 12.5. The Morgan fingerprint density at radius 3 is 2.90 bits per heavy atom. The van der Waals surface area contributed by atoms with Crippen LogP contribution in [0.1, 0.15) is 30.9 Å². The van der Waals surface area contributed by atoms with Crippen LogP contribution in [0.5, 0.6) is 0 Å². The second-order valence-electron chi connectivity index (χ2n) is 6.19. The summed E-state index contributed by atoms with van der Waals surface area (Å²) in [4.78, 5) is 26.7. The van der Waals surface area contributed by atoms with Gasteiger partial charge in [-0.25, -0.2) is 0 Å². The monoisotopic (exact) mass is 287 g/mol. The van der Waals surface area contributed by atoms with Crippen LogP contribution >= 0.6 is 0 Å². The molecular weight excluding hydrogens is 266 g/mol. The van der Waals surface area contributed by atoms with Crippen molar-refractivity contribution in [1.29, 1.82) is 0 Å². The number of rotatable bonds is 1. The number of carbonyl (C=O) groups is 2. The summed E-state index contributed by atoms with van der Waals surface area (Å²) >= 11 is 0. The molecule has 112 valence electrons. The van der Waals surface area contributed by atoms with Gasteiger partial charge in [-0.3, -0.25) is 9.59 Å². The Morgan fingerprint density at radius 1 is 1.33 bits per heavy atom. The van der Waals surface area contributed by atoms with Gasteiger partial charge in [0.25, 0.3) is 0 Å². The van der Waals surface area contributed by atoms with Gasteiger partial charge in [0.2, 0.25) is 11.8 Å². The Labute approximate surface area is 124 Å². The van der Waals surface area contributed by atoms with Crippen molar-refractivity contribution in [3.05, 3.63) is 35.4 Å². The van der Waals surface area contributed by atoms with E-state index < -0.39 is 5.54 Å². The molecule has 0 bridgehead atoms. The smallest absolute Gasteiger partial charge is 0.245 e. The standard InChI is InChI=1S/C16H21N3O2/c1-16(2)15(21)18-7-8-19(16)14(20)13-10-17-9-11-5-3-4-6-12(11)13/h3-6,13,17H,7-10H2,1-2H3,(H,18,21). The summed E-state index contributed by atoms with van der Waals surface area (Å²) in [5.41, 5.74) is 1.46. The number of nitrogens with one attached hydrogen (secondary N) is 2. The SMILES string of the molecule is CC1(C)C(=O)NCCN1C(=O)C1CNCc2ccccc21. The summed E-state index contributed by atoms with van der Waals surface area (Å²) in [6.07, 6.45) is 0. The Kier molecular flexibility index (Phi) is 3.45. The number of carbonyl (C=O) groups excluding carboxylic acids is 2. The van der Waals surface area contributed by atoms with Crippen molar-refractivity contribution in [2.75, 3.05) is 19.6 Å². The summed E-state index contributed by atoms with van der Waals surface area (Å²) in [6, 6.07) is 8.04. The topological polar surface area (TPSA) is 61.4 Å². The maximum Gasteiger partial charge on any atom is 0.245 e. The Bertz CT molecular complexity index is 583. The summed E-state index contributed by atoms with van der Waals surface area (Å²) in [7, 11) is 0. The average molecular weight is 287 g/mol. The Balaban J connectivity index is 1.91. The molecule has 2 amide bonds. The molecule has 1 saturated heterocycles. The van der Waals surface area contributed by atoms with Crippen molar-refractivity contribution in [3.63, 3.8) is 0 Å². The summed E-state index contributed by atoms with van der Waals surface area (Å²) < 4.78 is 0. The number of hydrogen-bond acceptors (Lipinski definition) is 3. The number of hydrogen-bond donors (Lipinski definition) is 2. The molecule has 2 aliphatic heterocycles. The molecule has 2 N–H and O–H groups in total.